The number of benzene rings is 1. The fourth-order valence-electron chi connectivity index (χ4n) is 4.17. The largest absolute Gasteiger partial charge is 0.481 e. The van der Waals surface area contributed by atoms with Crippen molar-refractivity contribution in [3.63, 3.8) is 0 Å². The van der Waals surface area contributed by atoms with E-state index in [9.17, 15) is 9.59 Å². The van der Waals surface area contributed by atoms with Gasteiger partial charge in [0.15, 0.2) is 0 Å². The molecule has 26 heavy (non-hydrogen) atoms. The summed E-state index contributed by atoms with van der Waals surface area (Å²) in [5.74, 6) is -0.729. The van der Waals surface area contributed by atoms with Crippen LogP contribution in [0.25, 0.3) is 0 Å². The minimum absolute atomic E-state index is 0.0760. The second-order valence-electron chi connectivity index (χ2n) is 7.94. The van der Waals surface area contributed by atoms with E-state index < -0.39 is 5.97 Å². The van der Waals surface area contributed by atoms with Gasteiger partial charge in [-0.25, -0.2) is 0 Å². The predicted molar refractivity (Wildman–Crippen MR) is 99.7 cm³/mol. The molecule has 1 aromatic carbocycles. The van der Waals surface area contributed by atoms with E-state index >= 15 is 0 Å². The van der Waals surface area contributed by atoms with Crippen molar-refractivity contribution in [2.24, 2.45) is 17.8 Å². The molecule has 0 bridgehead atoms. The van der Waals surface area contributed by atoms with E-state index in [0.717, 1.165) is 30.0 Å². The number of carbonyl (C=O) groups is 2. The van der Waals surface area contributed by atoms with Gasteiger partial charge in [-0.05, 0) is 55.7 Å². The lowest BCUT2D eigenvalue weighted by Crippen LogP contribution is -2.22. The van der Waals surface area contributed by atoms with Crippen molar-refractivity contribution < 1.29 is 19.4 Å². The van der Waals surface area contributed by atoms with Crippen molar-refractivity contribution >= 4 is 17.6 Å². The highest BCUT2D eigenvalue weighted by Crippen LogP contribution is 2.32. The lowest BCUT2D eigenvalue weighted by molar-refractivity contribution is -0.141. The van der Waals surface area contributed by atoms with Crippen LogP contribution in [-0.4, -0.2) is 23.1 Å². The van der Waals surface area contributed by atoms with Gasteiger partial charge in [-0.3, -0.25) is 9.59 Å². The topological polar surface area (TPSA) is 75.6 Å². The Balaban J connectivity index is 1.51. The predicted octanol–water partition coefficient (Wildman–Crippen LogP) is 4.22. The Morgan fingerprint density at radius 2 is 1.96 bits per heavy atom. The standard InChI is InChI=1S/C21H29NO4/c1-14-4-2-7-19(10-14)26-13-15-5-3-6-18(11-15)22-20(23)16-8-9-17(12-16)21(24)25/h3,5-6,11,14,16-17,19H,2,4,7-10,12-13H2,1H3,(H,22,23)(H,24,25)/t14?,16-,17+,19?/m1/s1. The average Bonchev–Trinajstić information content (AvgIpc) is 3.11. The summed E-state index contributed by atoms with van der Waals surface area (Å²) in [6.07, 6.45) is 6.79. The third kappa shape index (κ3) is 5.07. The number of carboxylic acid groups (broad SMARTS) is 1. The van der Waals surface area contributed by atoms with Gasteiger partial charge in [0.2, 0.25) is 5.91 Å². The van der Waals surface area contributed by atoms with Crippen molar-refractivity contribution in [2.75, 3.05) is 5.32 Å². The van der Waals surface area contributed by atoms with Gasteiger partial charge in [-0.15, -0.1) is 0 Å². The third-order valence-electron chi connectivity index (χ3n) is 5.72. The zero-order valence-corrected chi connectivity index (χ0v) is 15.4. The molecule has 2 aliphatic rings. The van der Waals surface area contributed by atoms with E-state index in [1.807, 2.05) is 24.3 Å². The Labute approximate surface area is 155 Å². The summed E-state index contributed by atoms with van der Waals surface area (Å²) in [5, 5.41) is 12.0. The van der Waals surface area contributed by atoms with E-state index in [1.54, 1.807) is 0 Å². The van der Waals surface area contributed by atoms with Crippen molar-refractivity contribution in [1.29, 1.82) is 0 Å². The van der Waals surface area contributed by atoms with Gasteiger partial charge in [0.1, 0.15) is 0 Å². The molecule has 5 nitrogen and oxygen atoms in total. The molecular formula is C21H29NO4. The maximum Gasteiger partial charge on any atom is 0.306 e. The third-order valence-corrected chi connectivity index (χ3v) is 5.72. The van der Waals surface area contributed by atoms with Crippen LogP contribution < -0.4 is 5.32 Å². The van der Waals surface area contributed by atoms with Gasteiger partial charge in [-0.2, -0.15) is 0 Å². The number of ether oxygens (including phenoxy) is 1. The lowest BCUT2D eigenvalue weighted by atomic mass is 9.89. The molecule has 2 fully saturated rings. The molecule has 0 aromatic heterocycles. The fraction of sp³-hybridized carbons (Fsp3) is 0.619. The molecule has 5 heteroatoms. The molecule has 0 heterocycles. The summed E-state index contributed by atoms with van der Waals surface area (Å²) in [6.45, 7) is 2.84. The first-order chi connectivity index (χ1) is 12.5. The van der Waals surface area contributed by atoms with Gasteiger partial charge in [0.25, 0.3) is 0 Å². The number of amides is 1. The molecule has 0 aliphatic heterocycles. The quantitative estimate of drug-likeness (QED) is 0.797. The molecule has 2 unspecified atom stereocenters. The molecule has 1 aromatic rings. The fourth-order valence-corrected chi connectivity index (χ4v) is 4.17. The van der Waals surface area contributed by atoms with Crippen molar-refractivity contribution in [3.8, 4) is 0 Å². The summed E-state index contributed by atoms with van der Waals surface area (Å²) >= 11 is 0. The molecule has 2 aliphatic carbocycles. The molecule has 1 amide bonds. The first kappa shape index (κ1) is 18.9. The second-order valence-corrected chi connectivity index (χ2v) is 7.94. The number of nitrogens with one attached hydrogen (secondary N) is 1. The van der Waals surface area contributed by atoms with Gasteiger partial charge in [0.05, 0.1) is 18.6 Å². The second kappa shape index (κ2) is 8.67. The molecule has 0 radical (unpaired) electrons. The minimum Gasteiger partial charge on any atom is -0.481 e. The van der Waals surface area contributed by atoms with Gasteiger partial charge in [0, 0.05) is 11.6 Å². The smallest absolute Gasteiger partial charge is 0.306 e. The summed E-state index contributed by atoms with van der Waals surface area (Å²) in [5.41, 5.74) is 1.81. The Bertz CT molecular complexity index is 645. The summed E-state index contributed by atoms with van der Waals surface area (Å²) < 4.78 is 6.06. The van der Waals surface area contributed by atoms with Crippen LogP contribution in [0.5, 0.6) is 0 Å². The van der Waals surface area contributed by atoms with Crippen LogP contribution in [0.15, 0.2) is 24.3 Å². The van der Waals surface area contributed by atoms with E-state index in [-0.39, 0.29) is 17.7 Å². The van der Waals surface area contributed by atoms with Crippen LogP contribution in [0, 0.1) is 17.8 Å². The normalized spacial score (nSPS) is 28.7. The Hall–Kier alpha value is -1.88. The molecule has 3 rings (SSSR count). The Morgan fingerprint density at radius 1 is 1.15 bits per heavy atom. The van der Waals surface area contributed by atoms with Gasteiger partial charge in [-0.1, -0.05) is 31.9 Å². The zero-order valence-electron chi connectivity index (χ0n) is 15.4. The minimum atomic E-state index is -0.795. The number of carboxylic acids is 1. The monoisotopic (exact) mass is 359 g/mol. The number of hydrogen-bond donors (Lipinski definition) is 2. The highest BCUT2D eigenvalue weighted by molar-refractivity contribution is 5.93. The van der Waals surface area contributed by atoms with Gasteiger partial charge >= 0.3 is 5.97 Å². The van der Waals surface area contributed by atoms with Crippen LogP contribution in [0.3, 0.4) is 0 Å². The Kier molecular flexibility index (Phi) is 6.30. The number of aliphatic carboxylic acids is 1. The maximum absolute atomic E-state index is 12.4. The van der Waals surface area contributed by atoms with Crippen LogP contribution in [0.2, 0.25) is 0 Å². The number of anilines is 1. The number of hydrogen-bond acceptors (Lipinski definition) is 3. The first-order valence-electron chi connectivity index (χ1n) is 9.75. The summed E-state index contributed by atoms with van der Waals surface area (Å²) in [4.78, 5) is 23.4. The Morgan fingerprint density at radius 3 is 2.69 bits per heavy atom. The van der Waals surface area contributed by atoms with Crippen molar-refractivity contribution in [2.45, 2.75) is 64.6 Å². The van der Waals surface area contributed by atoms with E-state index in [2.05, 4.69) is 12.2 Å². The van der Waals surface area contributed by atoms with Crippen LogP contribution >= 0.6 is 0 Å². The van der Waals surface area contributed by atoms with E-state index in [1.165, 1.54) is 12.8 Å². The molecule has 2 saturated carbocycles. The zero-order chi connectivity index (χ0) is 18.5. The van der Waals surface area contributed by atoms with Crippen LogP contribution in [0.4, 0.5) is 5.69 Å². The van der Waals surface area contributed by atoms with Crippen LogP contribution in [-0.2, 0) is 20.9 Å². The summed E-state index contributed by atoms with van der Waals surface area (Å²) in [7, 11) is 0. The van der Waals surface area contributed by atoms with Crippen molar-refractivity contribution in [3.05, 3.63) is 29.8 Å². The van der Waals surface area contributed by atoms with E-state index in [0.29, 0.717) is 32.0 Å². The molecule has 2 N–H and O–H groups in total. The molecule has 4 atom stereocenters. The van der Waals surface area contributed by atoms with E-state index in [4.69, 9.17) is 9.84 Å². The molecule has 0 saturated heterocycles. The highest BCUT2D eigenvalue weighted by Gasteiger charge is 2.33. The molecule has 0 spiro atoms. The maximum atomic E-state index is 12.4. The lowest BCUT2D eigenvalue weighted by Gasteiger charge is -2.26. The first-order valence-corrected chi connectivity index (χ1v) is 9.75. The molecule has 142 valence electrons. The van der Waals surface area contributed by atoms with Gasteiger partial charge < -0.3 is 15.2 Å². The molecular weight excluding hydrogens is 330 g/mol. The van der Waals surface area contributed by atoms with Crippen molar-refractivity contribution in [1.82, 2.24) is 0 Å². The number of carbonyl (C=O) groups excluding carboxylic acids is 1. The number of rotatable bonds is 6. The average molecular weight is 359 g/mol. The van der Waals surface area contributed by atoms with Crippen LogP contribution in [0.1, 0.15) is 57.4 Å². The summed E-state index contributed by atoms with van der Waals surface area (Å²) in [6, 6.07) is 7.76. The SMILES string of the molecule is CC1CCCC(OCc2cccc(NC(=O)[C@@H]3CC[C@H](C(=O)O)C3)c2)C1. The highest BCUT2D eigenvalue weighted by atomic mass is 16.5.